The highest BCUT2D eigenvalue weighted by atomic mass is 79.9. The minimum atomic E-state index is -1.88. The molecule has 40 heavy (non-hydrogen) atoms. The maximum absolute atomic E-state index is 14.5. The molecule has 9 nitrogen and oxygen atoms in total. The quantitative estimate of drug-likeness (QED) is 0.306. The van der Waals surface area contributed by atoms with Crippen LogP contribution in [0.4, 0.5) is 0 Å². The number of ketones is 3. The Kier molecular flexibility index (Phi) is 6.55. The molecule has 2 aromatic heterocycles. The number of benzene rings is 1. The Balaban J connectivity index is 1.46. The molecule has 1 fully saturated rings. The van der Waals surface area contributed by atoms with Crippen molar-refractivity contribution in [3.8, 4) is 5.88 Å². The van der Waals surface area contributed by atoms with Crippen LogP contribution in [0, 0.1) is 31.6 Å². The fraction of sp³-hybridized carbons (Fsp3) is 0.433. The minimum absolute atomic E-state index is 0.0160. The maximum atomic E-state index is 14.5. The molecule has 0 N–H and O–H groups in total. The van der Waals surface area contributed by atoms with Crippen LogP contribution in [-0.2, 0) is 22.6 Å². The van der Waals surface area contributed by atoms with Crippen LogP contribution < -0.4 is 4.74 Å². The predicted molar refractivity (Wildman–Crippen MR) is 147 cm³/mol. The van der Waals surface area contributed by atoms with Gasteiger partial charge in [-0.3, -0.25) is 19.3 Å². The third-order valence-electron chi connectivity index (χ3n) is 8.93. The summed E-state index contributed by atoms with van der Waals surface area (Å²) in [6.45, 7) is 3.85. The van der Waals surface area contributed by atoms with Crippen molar-refractivity contribution in [3.63, 3.8) is 0 Å². The lowest BCUT2D eigenvalue weighted by Gasteiger charge is -2.52. The van der Waals surface area contributed by atoms with Crippen molar-refractivity contribution >= 4 is 33.3 Å². The molecule has 2 heterocycles. The summed E-state index contributed by atoms with van der Waals surface area (Å²) in [4.78, 5) is 49.5. The van der Waals surface area contributed by atoms with E-state index in [1.54, 1.807) is 0 Å². The fourth-order valence-corrected chi connectivity index (χ4v) is 7.62. The molecule has 6 rings (SSSR count). The highest BCUT2D eigenvalue weighted by Crippen LogP contribution is 2.56. The van der Waals surface area contributed by atoms with Gasteiger partial charge in [0.1, 0.15) is 16.8 Å². The Hall–Kier alpha value is -3.21. The molecule has 1 saturated carbocycles. The fourth-order valence-electron chi connectivity index (χ4n) is 7.00. The number of fused-ring (bicyclic) bond motifs is 4. The first-order valence-electron chi connectivity index (χ1n) is 13.3. The molecule has 0 aliphatic heterocycles. The average molecular weight is 608 g/mol. The van der Waals surface area contributed by atoms with E-state index in [0.717, 1.165) is 22.4 Å². The highest BCUT2D eigenvalue weighted by Gasteiger charge is 2.68. The molecule has 3 aromatic rings. The van der Waals surface area contributed by atoms with Crippen LogP contribution in [-0.4, -0.2) is 59.2 Å². The van der Waals surface area contributed by atoms with E-state index in [1.807, 2.05) is 63.2 Å². The molecule has 5 atom stereocenters. The van der Waals surface area contributed by atoms with E-state index in [1.165, 1.54) is 7.11 Å². The van der Waals surface area contributed by atoms with Crippen molar-refractivity contribution in [2.24, 2.45) is 17.8 Å². The molecule has 10 heteroatoms. The number of halogens is 1. The Bertz CT molecular complexity index is 1550. The topological polar surface area (TPSA) is 112 Å². The first-order chi connectivity index (χ1) is 19.1. The molecule has 0 bridgehead atoms. The molecule has 3 aliphatic carbocycles. The summed E-state index contributed by atoms with van der Waals surface area (Å²) in [7, 11) is 5.10. The molecule has 0 radical (unpaired) electrons. The lowest BCUT2D eigenvalue weighted by atomic mass is 9.54. The largest absolute Gasteiger partial charge is 0.470 e. The number of methoxy groups -OCH3 is 1. The molecule has 5 unspecified atom stereocenters. The first kappa shape index (κ1) is 27.0. The Morgan fingerprint density at radius 2 is 1.85 bits per heavy atom. The minimum Gasteiger partial charge on any atom is -0.470 e. The smallest absolute Gasteiger partial charge is 0.265 e. The lowest BCUT2D eigenvalue weighted by Crippen LogP contribution is -2.67. The maximum Gasteiger partial charge on any atom is 0.265 e. The van der Waals surface area contributed by atoms with Crippen molar-refractivity contribution < 1.29 is 28.4 Å². The van der Waals surface area contributed by atoms with E-state index >= 15 is 0 Å². The van der Waals surface area contributed by atoms with Crippen molar-refractivity contribution in [3.05, 3.63) is 74.2 Å². The Morgan fingerprint density at radius 1 is 1.12 bits per heavy atom. The number of hydrogen-bond acceptors (Lipinski definition) is 9. The van der Waals surface area contributed by atoms with E-state index in [2.05, 4.69) is 26.1 Å². The van der Waals surface area contributed by atoms with Crippen LogP contribution >= 0.6 is 15.9 Å². The van der Waals surface area contributed by atoms with Crippen LogP contribution in [0.15, 0.2) is 39.5 Å². The second-order valence-corrected chi connectivity index (χ2v) is 11.9. The number of rotatable bonds is 5. The molecular formula is C30H30BrN3O6. The SMILES string of the molecule is COC12C(=O)c3c(OCc4ccccc4)noc3C(N(C)C)C1CC1Cc3c(Br)nc(C)c(C)c3C(=O)C1C2=O. The van der Waals surface area contributed by atoms with Gasteiger partial charge in [-0.05, 0) is 84.5 Å². The number of nitrogens with zero attached hydrogens (tertiary/aromatic N) is 3. The zero-order chi connectivity index (χ0) is 28.5. The van der Waals surface area contributed by atoms with Gasteiger partial charge in [0.25, 0.3) is 5.88 Å². The van der Waals surface area contributed by atoms with E-state index < -0.39 is 35.0 Å². The second-order valence-electron chi connectivity index (χ2n) is 11.2. The van der Waals surface area contributed by atoms with Crippen molar-refractivity contribution in [1.29, 1.82) is 0 Å². The lowest BCUT2D eigenvalue weighted by molar-refractivity contribution is -0.159. The average Bonchev–Trinajstić information content (AvgIpc) is 3.34. The third-order valence-corrected chi connectivity index (χ3v) is 9.58. The monoisotopic (exact) mass is 607 g/mol. The number of aromatic nitrogens is 2. The Labute approximate surface area is 240 Å². The highest BCUT2D eigenvalue weighted by molar-refractivity contribution is 9.10. The number of carbonyl (C=O) groups excluding carboxylic acids is 3. The molecule has 208 valence electrons. The first-order valence-corrected chi connectivity index (χ1v) is 14.1. The molecule has 1 aromatic carbocycles. The summed E-state index contributed by atoms with van der Waals surface area (Å²) < 4.78 is 18.3. The zero-order valence-corrected chi connectivity index (χ0v) is 24.6. The van der Waals surface area contributed by atoms with E-state index in [0.29, 0.717) is 28.8 Å². The number of ether oxygens (including phenoxy) is 2. The van der Waals surface area contributed by atoms with Crippen LogP contribution in [0.3, 0.4) is 0 Å². The molecule has 0 amide bonds. The van der Waals surface area contributed by atoms with Gasteiger partial charge >= 0.3 is 0 Å². The second kappa shape index (κ2) is 9.71. The summed E-state index contributed by atoms with van der Waals surface area (Å²) in [6, 6.07) is 8.99. The van der Waals surface area contributed by atoms with Crippen LogP contribution in [0.5, 0.6) is 5.88 Å². The van der Waals surface area contributed by atoms with Gasteiger partial charge in [-0.2, -0.15) is 0 Å². The standard InChI is InChI=1S/C30H30BrN3O6/c1-14-15(2)32-28(31)18-11-17-12-19-23(34(3)4)25-22(29(33-40-25)39-13-16-9-7-6-8-10-16)27(37)30(19,38-5)26(36)21(17)24(35)20(14)18/h6-10,17,19,21,23H,11-13H2,1-5H3. The number of pyridine rings is 1. The van der Waals surface area contributed by atoms with Gasteiger partial charge in [0.2, 0.25) is 5.78 Å². The summed E-state index contributed by atoms with van der Waals surface area (Å²) in [5.41, 5.74) is 1.91. The van der Waals surface area contributed by atoms with Gasteiger partial charge in [-0.1, -0.05) is 30.3 Å². The number of hydrogen-bond donors (Lipinski definition) is 0. The molecular weight excluding hydrogens is 578 g/mol. The van der Waals surface area contributed by atoms with Gasteiger partial charge in [0, 0.05) is 24.3 Å². The van der Waals surface area contributed by atoms with Crippen molar-refractivity contribution in [1.82, 2.24) is 15.0 Å². The summed E-state index contributed by atoms with van der Waals surface area (Å²) in [5.74, 6) is -2.89. The number of carbonyl (C=O) groups is 3. The number of Topliss-reactive ketones (excluding diaryl/α,β-unsaturated/α-hetero) is 3. The zero-order valence-electron chi connectivity index (χ0n) is 23.0. The molecule has 0 spiro atoms. The number of aryl methyl sites for hydroxylation is 1. The third kappa shape index (κ3) is 3.69. The van der Waals surface area contributed by atoms with Gasteiger partial charge in [0.05, 0.1) is 12.0 Å². The van der Waals surface area contributed by atoms with Crippen molar-refractivity contribution in [2.45, 2.75) is 44.9 Å². The van der Waals surface area contributed by atoms with Gasteiger partial charge < -0.3 is 14.0 Å². The van der Waals surface area contributed by atoms with E-state index in [9.17, 15) is 14.4 Å². The summed E-state index contributed by atoms with van der Waals surface area (Å²) in [6.07, 6.45) is 0.898. The molecule has 0 saturated heterocycles. The van der Waals surface area contributed by atoms with Gasteiger partial charge in [-0.15, -0.1) is 0 Å². The van der Waals surface area contributed by atoms with Crippen molar-refractivity contribution in [2.75, 3.05) is 21.2 Å². The molecule has 3 aliphatic rings. The van der Waals surface area contributed by atoms with Crippen LogP contribution in [0.2, 0.25) is 0 Å². The van der Waals surface area contributed by atoms with E-state index in [4.69, 9.17) is 14.0 Å². The van der Waals surface area contributed by atoms with E-state index in [-0.39, 0.29) is 29.8 Å². The normalized spacial score (nSPS) is 27.2. The van der Waals surface area contributed by atoms with Crippen LogP contribution in [0.1, 0.15) is 61.3 Å². The Morgan fingerprint density at radius 3 is 2.52 bits per heavy atom. The van der Waals surface area contributed by atoms with Gasteiger partial charge in [-0.25, -0.2) is 4.98 Å². The summed E-state index contributed by atoms with van der Waals surface area (Å²) >= 11 is 3.55. The van der Waals surface area contributed by atoms with Gasteiger partial charge in [0.15, 0.2) is 22.9 Å². The van der Waals surface area contributed by atoms with Crippen LogP contribution in [0.25, 0.3) is 0 Å². The summed E-state index contributed by atoms with van der Waals surface area (Å²) in [5, 5.41) is 4.12. The predicted octanol–water partition coefficient (Wildman–Crippen LogP) is 4.47.